The average Bonchev–Trinajstić information content (AvgIpc) is 3.28. The number of ether oxygens (including phenoxy) is 2. The maximum Gasteiger partial charge on any atom is 0.245 e. The van der Waals surface area contributed by atoms with Gasteiger partial charge >= 0.3 is 0 Å². The normalized spacial score (nSPS) is 16.4. The Labute approximate surface area is 180 Å². The van der Waals surface area contributed by atoms with Gasteiger partial charge in [0.1, 0.15) is 5.82 Å². The summed E-state index contributed by atoms with van der Waals surface area (Å²) in [4.78, 5) is 30.8. The van der Waals surface area contributed by atoms with Crippen molar-refractivity contribution in [2.24, 2.45) is 0 Å². The van der Waals surface area contributed by atoms with Crippen LogP contribution in [0.25, 0.3) is 0 Å². The Hall–Kier alpha value is -2.68. The van der Waals surface area contributed by atoms with Crippen molar-refractivity contribution >= 4 is 28.5 Å². The van der Waals surface area contributed by atoms with Gasteiger partial charge in [-0.1, -0.05) is 19.9 Å². The highest BCUT2D eigenvalue weighted by Gasteiger charge is 2.32. The van der Waals surface area contributed by atoms with E-state index in [2.05, 4.69) is 14.7 Å². The number of hydrogen-bond acceptors (Lipinski definition) is 7. The van der Waals surface area contributed by atoms with E-state index in [1.54, 1.807) is 12.0 Å². The molecule has 8 nitrogen and oxygen atoms in total. The fraction of sp³-hybridized carbons (Fsp3) is 0.524. The SMILES string of the molecule is COc1ccc([C@@H]2CC(=O)N(CC(=O)Nc3nc(C(C)C)ns3)C2)cc1OC(C)C. The van der Waals surface area contributed by atoms with Gasteiger partial charge in [0.2, 0.25) is 16.9 Å². The van der Waals surface area contributed by atoms with Crippen molar-refractivity contribution in [3.63, 3.8) is 0 Å². The number of carbonyl (C=O) groups is 2. The summed E-state index contributed by atoms with van der Waals surface area (Å²) in [5, 5.41) is 3.20. The van der Waals surface area contributed by atoms with Crippen molar-refractivity contribution in [3.8, 4) is 11.5 Å². The van der Waals surface area contributed by atoms with Gasteiger partial charge in [0.25, 0.3) is 0 Å². The van der Waals surface area contributed by atoms with E-state index in [1.165, 1.54) is 0 Å². The van der Waals surface area contributed by atoms with Crippen LogP contribution in [0.3, 0.4) is 0 Å². The third-order valence-electron chi connectivity index (χ3n) is 4.78. The largest absolute Gasteiger partial charge is 0.493 e. The van der Waals surface area contributed by atoms with E-state index >= 15 is 0 Å². The van der Waals surface area contributed by atoms with Crippen molar-refractivity contribution in [1.29, 1.82) is 0 Å². The number of methoxy groups -OCH3 is 1. The van der Waals surface area contributed by atoms with Crippen LogP contribution in [0.5, 0.6) is 11.5 Å². The monoisotopic (exact) mass is 432 g/mol. The molecule has 9 heteroatoms. The zero-order valence-electron chi connectivity index (χ0n) is 18.0. The molecule has 1 atom stereocenters. The van der Waals surface area contributed by atoms with Gasteiger partial charge in [-0.15, -0.1) is 0 Å². The van der Waals surface area contributed by atoms with E-state index in [1.807, 2.05) is 45.9 Å². The van der Waals surface area contributed by atoms with E-state index in [4.69, 9.17) is 9.47 Å². The summed E-state index contributed by atoms with van der Waals surface area (Å²) in [6, 6.07) is 5.73. The third-order valence-corrected chi connectivity index (χ3v) is 5.42. The van der Waals surface area contributed by atoms with Gasteiger partial charge in [-0.2, -0.15) is 4.37 Å². The lowest BCUT2D eigenvalue weighted by atomic mass is 9.98. The number of benzene rings is 1. The Morgan fingerprint density at radius 2 is 2.07 bits per heavy atom. The fourth-order valence-electron chi connectivity index (χ4n) is 3.29. The van der Waals surface area contributed by atoms with Gasteiger partial charge < -0.3 is 14.4 Å². The third kappa shape index (κ3) is 5.27. The predicted molar refractivity (Wildman–Crippen MR) is 115 cm³/mol. The lowest BCUT2D eigenvalue weighted by Crippen LogP contribution is -2.34. The van der Waals surface area contributed by atoms with Crippen molar-refractivity contribution in [2.45, 2.75) is 52.1 Å². The summed E-state index contributed by atoms with van der Waals surface area (Å²) in [6.45, 7) is 8.37. The summed E-state index contributed by atoms with van der Waals surface area (Å²) < 4.78 is 15.4. The highest BCUT2D eigenvalue weighted by Crippen LogP contribution is 2.35. The summed E-state index contributed by atoms with van der Waals surface area (Å²) >= 11 is 1.15. The summed E-state index contributed by atoms with van der Waals surface area (Å²) in [7, 11) is 1.60. The minimum Gasteiger partial charge on any atom is -0.493 e. The molecule has 2 heterocycles. The van der Waals surface area contributed by atoms with E-state index < -0.39 is 0 Å². The number of anilines is 1. The molecule has 0 unspecified atom stereocenters. The van der Waals surface area contributed by atoms with Crippen LogP contribution in [0.4, 0.5) is 5.13 Å². The number of amides is 2. The molecule has 0 aliphatic carbocycles. The number of nitrogens with one attached hydrogen (secondary N) is 1. The maximum absolute atomic E-state index is 12.5. The van der Waals surface area contributed by atoms with Gasteiger partial charge in [0.15, 0.2) is 11.5 Å². The molecule has 0 bridgehead atoms. The van der Waals surface area contributed by atoms with Crippen LogP contribution >= 0.6 is 11.5 Å². The molecule has 1 N–H and O–H groups in total. The maximum atomic E-state index is 12.5. The molecule has 1 aliphatic heterocycles. The molecule has 1 aromatic carbocycles. The van der Waals surface area contributed by atoms with Gasteiger partial charge in [-0.05, 0) is 31.5 Å². The number of aromatic nitrogens is 2. The molecule has 2 aromatic rings. The van der Waals surface area contributed by atoms with Crippen LogP contribution < -0.4 is 14.8 Å². The first kappa shape index (κ1) is 22.0. The van der Waals surface area contributed by atoms with Crippen LogP contribution in [0.1, 0.15) is 57.3 Å². The van der Waals surface area contributed by atoms with Crippen LogP contribution in [0.2, 0.25) is 0 Å². The fourth-order valence-corrected chi connectivity index (χ4v) is 4.02. The molecule has 162 valence electrons. The number of rotatable bonds is 8. The molecular weight excluding hydrogens is 404 g/mol. The topological polar surface area (TPSA) is 93.7 Å². The lowest BCUT2D eigenvalue weighted by Gasteiger charge is -2.18. The molecule has 3 rings (SSSR count). The minimum atomic E-state index is -0.269. The molecule has 1 aliphatic rings. The first-order valence-corrected chi connectivity index (χ1v) is 10.8. The Balaban J connectivity index is 1.63. The number of hydrogen-bond donors (Lipinski definition) is 1. The highest BCUT2D eigenvalue weighted by molar-refractivity contribution is 7.09. The molecule has 1 fully saturated rings. The Bertz CT molecular complexity index is 912. The number of likely N-dealkylation sites (tertiary alicyclic amines) is 1. The Kier molecular flexibility index (Phi) is 6.91. The second kappa shape index (κ2) is 9.42. The summed E-state index contributed by atoms with van der Waals surface area (Å²) in [5.41, 5.74) is 0.994. The standard InChI is InChI=1S/C21H28N4O4S/c1-12(2)20-23-21(30-24-20)22-18(26)11-25-10-15(9-19(25)27)14-6-7-16(28-5)17(8-14)29-13(3)4/h6-8,12-13,15H,9-11H2,1-5H3,(H,22,23,24,26)/t15-/m1/s1. The zero-order valence-corrected chi connectivity index (χ0v) is 18.8. The molecule has 1 saturated heterocycles. The molecule has 0 spiro atoms. The van der Waals surface area contributed by atoms with Crippen molar-refractivity contribution in [1.82, 2.24) is 14.3 Å². The van der Waals surface area contributed by atoms with E-state index in [0.717, 1.165) is 17.1 Å². The Morgan fingerprint density at radius 1 is 1.30 bits per heavy atom. The first-order valence-electron chi connectivity index (χ1n) is 10.0. The number of carbonyl (C=O) groups excluding carboxylic acids is 2. The quantitative estimate of drug-likeness (QED) is 0.687. The van der Waals surface area contributed by atoms with E-state index in [-0.39, 0.29) is 36.3 Å². The molecule has 1 aromatic heterocycles. The summed E-state index contributed by atoms with van der Waals surface area (Å²) in [5.74, 6) is 1.90. The van der Waals surface area contributed by atoms with Gasteiger partial charge in [-0.3, -0.25) is 14.9 Å². The van der Waals surface area contributed by atoms with Crippen LogP contribution in [0.15, 0.2) is 18.2 Å². The van der Waals surface area contributed by atoms with Crippen LogP contribution in [-0.2, 0) is 9.59 Å². The van der Waals surface area contributed by atoms with Gasteiger partial charge in [0.05, 0.1) is 19.8 Å². The van der Waals surface area contributed by atoms with Crippen molar-refractivity contribution < 1.29 is 19.1 Å². The van der Waals surface area contributed by atoms with Crippen molar-refractivity contribution in [3.05, 3.63) is 29.6 Å². The second-order valence-electron chi connectivity index (χ2n) is 7.91. The van der Waals surface area contributed by atoms with Gasteiger partial charge in [-0.25, -0.2) is 4.98 Å². The van der Waals surface area contributed by atoms with Crippen LogP contribution in [-0.4, -0.2) is 52.4 Å². The van der Waals surface area contributed by atoms with E-state index in [9.17, 15) is 9.59 Å². The molecule has 0 radical (unpaired) electrons. The van der Waals surface area contributed by atoms with Crippen LogP contribution in [0, 0.1) is 0 Å². The minimum absolute atomic E-state index is 0.000193. The zero-order chi connectivity index (χ0) is 21.8. The summed E-state index contributed by atoms with van der Waals surface area (Å²) in [6.07, 6.45) is 0.368. The molecular formula is C21H28N4O4S. The van der Waals surface area contributed by atoms with Crippen molar-refractivity contribution in [2.75, 3.05) is 25.5 Å². The van der Waals surface area contributed by atoms with Gasteiger partial charge in [0, 0.05) is 36.3 Å². The molecule has 30 heavy (non-hydrogen) atoms. The molecule has 0 saturated carbocycles. The highest BCUT2D eigenvalue weighted by atomic mass is 32.1. The first-order chi connectivity index (χ1) is 14.3. The van der Waals surface area contributed by atoms with E-state index in [0.29, 0.717) is 35.4 Å². The second-order valence-corrected chi connectivity index (χ2v) is 8.66. The Morgan fingerprint density at radius 3 is 2.70 bits per heavy atom. The smallest absolute Gasteiger partial charge is 0.245 e. The molecule has 2 amide bonds. The predicted octanol–water partition coefficient (Wildman–Crippen LogP) is 3.41. The number of nitrogens with zero attached hydrogens (tertiary/aromatic N) is 3. The average molecular weight is 433 g/mol. The lowest BCUT2D eigenvalue weighted by molar-refractivity contribution is -0.131.